The predicted molar refractivity (Wildman–Crippen MR) is 60.0 cm³/mol. The van der Waals surface area contributed by atoms with Crippen molar-refractivity contribution in [3.05, 3.63) is 34.9 Å². The topological polar surface area (TPSA) is 43.4 Å². The van der Waals surface area contributed by atoms with Gasteiger partial charge in [0.2, 0.25) is 5.12 Å². The molecule has 0 spiro atoms. The van der Waals surface area contributed by atoms with Crippen LogP contribution < -0.4 is 0 Å². The van der Waals surface area contributed by atoms with Crippen LogP contribution in [0.3, 0.4) is 0 Å². The molecular formula is C11H10F2O3S. The van der Waals surface area contributed by atoms with Crippen molar-refractivity contribution in [2.45, 2.75) is 13.3 Å². The quantitative estimate of drug-likeness (QED) is 0.666. The summed E-state index contributed by atoms with van der Waals surface area (Å²) in [6.07, 6.45) is -0.353. The highest BCUT2D eigenvalue weighted by Crippen LogP contribution is 2.17. The third-order valence-corrected chi connectivity index (χ3v) is 2.25. The lowest BCUT2D eigenvalue weighted by Gasteiger charge is -2.06. The van der Waals surface area contributed by atoms with Gasteiger partial charge in [-0.15, -0.1) is 12.6 Å². The number of halogens is 2. The van der Waals surface area contributed by atoms with Gasteiger partial charge >= 0.3 is 5.97 Å². The molecule has 0 aromatic heterocycles. The maximum absolute atomic E-state index is 13.3. The minimum atomic E-state index is -1.00. The Morgan fingerprint density at radius 3 is 2.47 bits per heavy atom. The molecule has 92 valence electrons. The van der Waals surface area contributed by atoms with Crippen molar-refractivity contribution >= 4 is 23.7 Å². The number of esters is 1. The van der Waals surface area contributed by atoms with E-state index in [2.05, 4.69) is 17.4 Å². The molecule has 0 atom stereocenters. The minimum Gasteiger partial charge on any atom is -0.466 e. The summed E-state index contributed by atoms with van der Waals surface area (Å²) in [5.74, 6) is -2.54. The maximum atomic E-state index is 13.3. The van der Waals surface area contributed by atoms with Crippen LogP contribution in [0.15, 0.2) is 12.1 Å². The standard InChI is InChI=1S/C11H10F2O3S/c1-2-16-10(14)4-6-3-7(11(15)17)9(13)5-8(6)12/h3,5H,2,4H2,1H3,(H,15,17). The first-order valence-corrected chi connectivity index (χ1v) is 5.27. The van der Waals surface area contributed by atoms with Crippen LogP contribution >= 0.6 is 12.6 Å². The number of hydrogen-bond acceptors (Lipinski definition) is 3. The summed E-state index contributed by atoms with van der Waals surface area (Å²) < 4.78 is 31.1. The zero-order valence-corrected chi connectivity index (χ0v) is 9.89. The molecule has 0 radical (unpaired) electrons. The van der Waals surface area contributed by atoms with E-state index >= 15 is 0 Å². The molecule has 0 fully saturated rings. The fraction of sp³-hybridized carbons (Fsp3) is 0.273. The zero-order chi connectivity index (χ0) is 13.0. The molecule has 1 aromatic rings. The van der Waals surface area contributed by atoms with Crippen LogP contribution in [-0.2, 0) is 16.0 Å². The second-order valence-electron chi connectivity index (χ2n) is 3.21. The van der Waals surface area contributed by atoms with E-state index < -0.39 is 22.7 Å². The highest BCUT2D eigenvalue weighted by molar-refractivity contribution is 7.97. The van der Waals surface area contributed by atoms with Gasteiger partial charge in [-0.25, -0.2) is 8.78 Å². The maximum Gasteiger partial charge on any atom is 0.310 e. The van der Waals surface area contributed by atoms with Gasteiger partial charge in [0, 0.05) is 6.07 Å². The first-order chi connectivity index (χ1) is 7.95. The van der Waals surface area contributed by atoms with Gasteiger partial charge in [0.05, 0.1) is 18.6 Å². The monoisotopic (exact) mass is 260 g/mol. The van der Waals surface area contributed by atoms with Gasteiger partial charge in [0.15, 0.2) is 0 Å². The summed E-state index contributed by atoms with van der Waals surface area (Å²) in [6, 6.07) is 1.52. The van der Waals surface area contributed by atoms with Crippen LogP contribution in [0.4, 0.5) is 8.78 Å². The zero-order valence-electron chi connectivity index (χ0n) is 9.00. The van der Waals surface area contributed by atoms with Crippen molar-refractivity contribution in [3.63, 3.8) is 0 Å². The lowest BCUT2D eigenvalue weighted by Crippen LogP contribution is -2.10. The fourth-order valence-corrected chi connectivity index (χ4v) is 1.43. The van der Waals surface area contributed by atoms with Gasteiger partial charge in [-0.2, -0.15) is 0 Å². The number of ether oxygens (including phenoxy) is 1. The van der Waals surface area contributed by atoms with Gasteiger partial charge in [0.25, 0.3) is 0 Å². The summed E-state index contributed by atoms with van der Waals surface area (Å²) in [5, 5.41) is -0.826. The molecule has 6 heteroatoms. The third kappa shape index (κ3) is 3.52. The molecule has 17 heavy (non-hydrogen) atoms. The van der Waals surface area contributed by atoms with Gasteiger partial charge in [-0.1, -0.05) is 0 Å². The number of hydrogen-bond donors (Lipinski definition) is 1. The Labute approximate surface area is 102 Å². The number of thiol groups is 1. The molecule has 1 rings (SSSR count). The minimum absolute atomic E-state index is 0.0951. The Balaban J connectivity index is 3.03. The smallest absolute Gasteiger partial charge is 0.310 e. The van der Waals surface area contributed by atoms with Crippen LogP contribution in [0.2, 0.25) is 0 Å². The Morgan fingerprint density at radius 2 is 1.94 bits per heavy atom. The molecule has 0 bridgehead atoms. The van der Waals surface area contributed by atoms with E-state index in [1.807, 2.05) is 0 Å². The Bertz CT molecular complexity index is 460. The highest BCUT2D eigenvalue weighted by Gasteiger charge is 2.16. The molecule has 0 unspecified atom stereocenters. The number of benzene rings is 1. The normalized spacial score (nSPS) is 10.1. The molecule has 0 aliphatic rings. The van der Waals surface area contributed by atoms with Crippen LogP contribution in [0.5, 0.6) is 0 Å². The van der Waals surface area contributed by atoms with E-state index in [0.717, 1.165) is 6.07 Å². The van der Waals surface area contributed by atoms with Crippen molar-refractivity contribution < 1.29 is 23.1 Å². The van der Waals surface area contributed by atoms with Gasteiger partial charge in [-0.05, 0) is 18.6 Å². The van der Waals surface area contributed by atoms with Gasteiger partial charge < -0.3 is 4.74 Å². The first-order valence-electron chi connectivity index (χ1n) is 4.82. The van der Waals surface area contributed by atoms with Gasteiger partial charge in [0.1, 0.15) is 11.6 Å². The van der Waals surface area contributed by atoms with Gasteiger partial charge in [-0.3, -0.25) is 9.59 Å². The molecule has 0 N–H and O–H groups in total. The molecule has 0 saturated heterocycles. The van der Waals surface area contributed by atoms with E-state index in [-0.39, 0.29) is 24.2 Å². The van der Waals surface area contributed by atoms with Crippen molar-refractivity contribution in [3.8, 4) is 0 Å². The predicted octanol–water partition coefficient (Wildman–Crippen LogP) is 2.14. The molecular weight excluding hydrogens is 250 g/mol. The average molecular weight is 260 g/mol. The molecule has 0 amide bonds. The second kappa shape index (κ2) is 5.77. The van der Waals surface area contributed by atoms with E-state index in [1.165, 1.54) is 0 Å². The lowest BCUT2D eigenvalue weighted by atomic mass is 10.1. The summed E-state index contributed by atoms with van der Waals surface area (Å²) >= 11 is 3.45. The Kier molecular flexibility index (Phi) is 4.62. The lowest BCUT2D eigenvalue weighted by molar-refractivity contribution is -0.142. The largest absolute Gasteiger partial charge is 0.466 e. The molecule has 0 aliphatic carbocycles. The molecule has 0 aliphatic heterocycles. The fourth-order valence-electron chi connectivity index (χ4n) is 1.26. The average Bonchev–Trinajstić information content (AvgIpc) is 2.21. The number of carbonyl (C=O) groups excluding carboxylic acids is 2. The highest BCUT2D eigenvalue weighted by atomic mass is 32.1. The molecule has 1 aromatic carbocycles. The summed E-state index contributed by atoms with van der Waals surface area (Å²) in [4.78, 5) is 22.1. The van der Waals surface area contributed by atoms with Crippen molar-refractivity contribution in [1.29, 1.82) is 0 Å². The summed E-state index contributed by atoms with van der Waals surface area (Å²) in [6.45, 7) is 1.78. The Hall–Kier alpha value is -1.43. The van der Waals surface area contributed by atoms with Crippen molar-refractivity contribution in [2.24, 2.45) is 0 Å². The summed E-state index contributed by atoms with van der Waals surface area (Å²) in [5.41, 5.74) is -0.462. The first kappa shape index (κ1) is 13.6. The third-order valence-electron chi connectivity index (χ3n) is 2.01. The molecule has 0 saturated carbocycles. The van der Waals surface area contributed by atoms with Crippen LogP contribution in [0, 0.1) is 11.6 Å². The summed E-state index contributed by atoms with van der Waals surface area (Å²) in [7, 11) is 0. The van der Waals surface area contributed by atoms with E-state index in [0.29, 0.717) is 6.07 Å². The van der Waals surface area contributed by atoms with Crippen LogP contribution in [0.25, 0.3) is 0 Å². The van der Waals surface area contributed by atoms with Crippen LogP contribution in [0.1, 0.15) is 22.8 Å². The van der Waals surface area contributed by atoms with Crippen molar-refractivity contribution in [1.82, 2.24) is 0 Å². The van der Waals surface area contributed by atoms with E-state index in [4.69, 9.17) is 0 Å². The van der Waals surface area contributed by atoms with Crippen LogP contribution in [-0.4, -0.2) is 17.7 Å². The van der Waals surface area contributed by atoms with E-state index in [1.54, 1.807) is 6.92 Å². The Morgan fingerprint density at radius 1 is 1.29 bits per heavy atom. The van der Waals surface area contributed by atoms with E-state index in [9.17, 15) is 18.4 Å². The molecule has 3 nitrogen and oxygen atoms in total. The molecule has 0 heterocycles. The number of carbonyl (C=O) groups is 2. The SMILES string of the molecule is CCOC(=O)Cc1cc(C(=O)S)c(F)cc1F. The second-order valence-corrected chi connectivity index (χ2v) is 3.62. The number of rotatable bonds is 4. The van der Waals surface area contributed by atoms with Crippen molar-refractivity contribution in [2.75, 3.05) is 6.61 Å².